The van der Waals surface area contributed by atoms with Crippen LogP contribution in [0.15, 0.2) is 42.5 Å². The first-order chi connectivity index (χ1) is 16.1. The molecule has 0 aliphatic carbocycles. The molecule has 2 saturated heterocycles. The van der Waals surface area contributed by atoms with E-state index >= 15 is 0 Å². The maximum atomic E-state index is 13.3. The maximum absolute atomic E-state index is 13.3. The monoisotopic (exact) mass is 460 g/mol. The molecule has 2 unspecified atom stereocenters. The molecule has 3 nitrogen and oxygen atoms in total. The molecule has 3 heterocycles. The molecule has 2 aliphatic heterocycles. The highest BCUT2D eigenvalue weighted by molar-refractivity contribution is 7.22. The van der Waals surface area contributed by atoms with E-state index in [0.717, 1.165) is 28.6 Å². The minimum absolute atomic E-state index is 0.104. The van der Waals surface area contributed by atoms with Crippen molar-refractivity contribution >= 4 is 32.2 Å². The van der Waals surface area contributed by atoms with Crippen molar-refractivity contribution in [1.82, 2.24) is 4.90 Å². The Morgan fingerprint density at radius 2 is 1.82 bits per heavy atom. The minimum atomic E-state index is 0.104. The lowest BCUT2D eigenvalue weighted by Crippen LogP contribution is -2.38. The second-order valence-corrected chi connectivity index (χ2v) is 11.1. The van der Waals surface area contributed by atoms with Crippen LogP contribution in [-0.4, -0.2) is 29.8 Å². The normalized spacial score (nSPS) is 21.6. The van der Waals surface area contributed by atoms with Crippen LogP contribution in [0, 0.1) is 0 Å². The van der Waals surface area contributed by atoms with Gasteiger partial charge in [0.15, 0.2) is 5.78 Å². The molecule has 0 bridgehead atoms. The van der Waals surface area contributed by atoms with Crippen molar-refractivity contribution < 1.29 is 4.79 Å². The van der Waals surface area contributed by atoms with Gasteiger partial charge in [-0.05, 0) is 98.7 Å². The molecule has 2 aliphatic rings. The summed E-state index contributed by atoms with van der Waals surface area (Å²) in [6, 6.07) is 15.1. The van der Waals surface area contributed by atoms with Gasteiger partial charge < -0.3 is 10.6 Å². The van der Waals surface area contributed by atoms with E-state index in [-0.39, 0.29) is 5.78 Å². The molecule has 4 heteroatoms. The van der Waals surface area contributed by atoms with Gasteiger partial charge in [-0.3, -0.25) is 4.79 Å². The average Bonchev–Trinajstić information content (AvgIpc) is 3.03. The number of benzene rings is 2. The van der Waals surface area contributed by atoms with Crippen LogP contribution in [0.2, 0.25) is 0 Å². The second kappa shape index (κ2) is 9.99. The van der Waals surface area contributed by atoms with Crippen LogP contribution in [-0.2, 0) is 6.42 Å². The van der Waals surface area contributed by atoms with Crippen LogP contribution in [0.4, 0.5) is 5.00 Å². The van der Waals surface area contributed by atoms with E-state index < -0.39 is 0 Å². The number of carbonyl (C=O) groups is 1. The number of hydrogen-bond acceptors (Lipinski definition) is 4. The highest BCUT2D eigenvalue weighted by Gasteiger charge is 2.30. The first-order valence-corrected chi connectivity index (χ1v) is 13.6. The van der Waals surface area contributed by atoms with Crippen molar-refractivity contribution in [3.63, 3.8) is 0 Å². The number of unbranched alkanes of at least 4 members (excludes halogenated alkanes) is 1. The van der Waals surface area contributed by atoms with Gasteiger partial charge in [-0.25, -0.2) is 0 Å². The predicted molar refractivity (Wildman–Crippen MR) is 141 cm³/mol. The number of aryl methyl sites for hydroxylation is 1. The highest BCUT2D eigenvalue weighted by Crippen LogP contribution is 2.44. The van der Waals surface area contributed by atoms with Gasteiger partial charge in [-0.2, -0.15) is 0 Å². The van der Waals surface area contributed by atoms with Gasteiger partial charge in [-0.1, -0.05) is 44.0 Å². The van der Waals surface area contributed by atoms with Crippen molar-refractivity contribution in [1.29, 1.82) is 0 Å². The van der Waals surface area contributed by atoms with Gasteiger partial charge in [0, 0.05) is 21.9 Å². The summed E-state index contributed by atoms with van der Waals surface area (Å²) in [7, 11) is 0. The fraction of sp³-hybridized carbons (Fsp3) is 0.483. The van der Waals surface area contributed by atoms with Crippen LogP contribution >= 0.6 is 11.3 Å². The van der Waals surface area contributed by atoms with E-state index in [9.17, 15) is 4.79 Å². The molecule has 33 heavy (non-hydrogen) atoms. The van der Waals surface area contributed by atoms with Crippen molar-refractivity contribution in [3.8, 4) is 0 Å². The highest BCUT2D eigenvalue weighted by atomic mass is 32.1. The Hall–Kier alpha value is -2.17. The third kappa shape index (κ3) is 4.74. The standard InChI is InChI=1S/C29H36N2OS/c1-2-3-6-20-8-10-22(11-9-20)28(32)23-13-15-26-25(19-23)27(29(30)33-26)21-12-14-24-7-4-5-17-31(24)18-16-21/h8-11,13,15,19,21,24H,2-7,12,14,16-18,30H2,1H3. The summed E-state index contributed by atoms with van der Waals surface area (Å²) in [6.07, 6.45) is 11.2. The molecule has 2 fully saturated rings. The predicted octanol–water partition coefficient (Wildman–Crippen LogP) is 7.18. The summed E-state index contributed by atoms with van der Waals surface area (Å²) in [5.74, 6) is 0.597. The average molecular weight is 461 g/mol. The smallest absolute Gasteiger partial charge is 0.193 e. The maximum Gasteiger partial charge on any atom is 0.193 e. The van der Waals surface area contributed by atoms with Gasteiger partial charge >= 0.3 is 0 Å². The molecule has 5 rings (SSSR count). The molecule has 0 amide bonds. The molecule has 2 N–H and O–H groups in total. The summed E-state index contributed by atoms with van der Waals surface area (Å²) in [4.78, 5) is 16.0. The zero-order valence-electron chi connectivity index (χ0n) is 19.8. The molecule has 2 atom stereocenters. The van der Waals surface area contributed by atoms with Crippen molar-refractivity contribution in [3.05, 3.63) is 64.7 Å². The fourth-order valence-corrected chi connectivity index (χ4v) is 6.94. The van der Waals surface area contributed by atoms with E-state index in [2.05, 4.69) is 36.1 Å². The molecule has 0 spiro atoms. The number of piperidine rings is 1. The number of rotatable bonds is 6. The third-order valence-electron chi connectivity index (χ3n) is 7.82. The van der Waals surface area contributed by atoms with Crippen molar-refractivity contribution in [2.24, 2.45) is 0 Å². The Morgan fingerprint density at radius 3 is 2.64 bits per heavy atom. The Morgan fingerprint density at radius 1 is 1.00 bits per heavy atom. The van der Waals surface area contributed by atoms with Gasteiger partial charge in [0.25, 0.3) is 0 Å². The molecule has 0 saturated carbocycles. The number of ketones is 1. The SMILES string of the molecule is CCCCc1ccc(C(=O)c2ccc3sc(N)c(C4CCC5CCCCN5CC4)c3c2)cc1. The molecule has 1 aromatic heterocycles. The summed E-state index contributed by atoms with van der Waals surface area (Å²) >= 11 is 1.68. The quantitative estimate of drug-likeness (QED) is 0.396. The lowest BCUT2D eigenvalue weighted by molar-refractivity contribution is 0.103. The Kier molecular flexibility index (Phi) is 6.84. The lowest BCUT2D eigenvalue weighted by Gasteiger charge is -2.33. The summed E-state index contributed by atoms with van der Waals surface area (Å²) in [5.41, 5.74) is 10.7. The first kappa shape index (κ1) is 22.6. The number of carbonyl (C=O) groups excluding carboxylic acids is 1. The van der Waals surface area contributed by atoms with Crippen LogP contribution in [0.1, 0.15) is 91.3 Å². The van der Waals surface area contributed by atoms with E-state index in [1.165, 1.54) is 85.7 Å². The largest absolute Gasteiger partial charge is 0.390 e. The van der Waals surface area contributed by atoms with E-state index in [0.29, 0.717) is 5.92 Å². The van der Waals surface area contributed by atoms with E-state index in [1.54, 1.807) is 11.3 Å². The van der Waals surface area contributed by atoms with Crippen molar-refractivity contribution in [2.75, 3.05) is 18.8 Å². The van der Waals surface area contributed by atoms with Crippen LogP contribution in [0.5, 0.6) is 0 Å². The van der Waals surface area contributed by atoms with Gasteiger partial charge in [0.2, 0.25) is 0 Å². The number of hydrogen-bond donors (Lipinski definition) is 1. The fourth-order valence-electron chi connectivity index (χ4n) is 5.90. The van der Waals surface area contributed by atoms with Crippen LogP contribution in [0.3, 0.4) is 0 Å². The lowest BCUT2D eigenvalue weighted by atomic mass is 9.89. The van der Waals surface area contributed by atoms with Gasteiger partial charge in [-0.15, -0.1) is 11.3 Å². The third-order valence-corrected chi connectivity index (χ3v) is 8.84. The molecule has 0 radical (unpaired) electrons. The minimum Gasteiger partial charge on any atom is -0.390 e. The van der Waals surface area contributed by atoms with E-state index in [4.69, 9.17) is 5.73 Å². The summed E-state index contributed by atoms with van der Waals surface area (Å²) in [5, 5.41) is 2.15. The van der Waals surface area contributed by atoms with Gasteiger partial charge in [0.05, 0.1) is 5.00 Å². The van der Waals surface area contributed by atoms with Crippen LogP contribution < -0.4 is 5.73 Å². The number of nitrogen functional groups attached to an aromatic ring is 1. The number of nitrogens with zero attached hydrogens (tertiary/aromatic N) is 1. The first-order valence-electron chi connectivity index (χ1n) is 12.8. The number of fused-ring (bicyclic) bond motifs is 2. The molecular weight excluding hydrogens is 424 g/mol. The Balaban J connectivity index is 1.41. The van der Waals surface area contributed by atoms with E-state index in [1.807, 2.05) is 18.2 Å². The van der Waals surface area contributed by atoms with Gasteiger partial charge in [0.1, 0.15) is 0 Å². The number of anilines is 1. The Bertz CT molecular complexity index is 1100. The summed E-state index contributed by atoms with van der Waals surface area (Å²) in [6.45, 7) is 4.64. The molecule has 2 aromatic carbocycles. The Labute approximate surface area is 202 Å². The zero-order chi connectivity index (χ0) is 22.8. The number of nitrogens with two attached hydrogens (primary N) is 1. The second-order valence-electron chi connectivity index (χ2n) is 9.97. The topological polar surface area (TPSA) is 46.3 Å². The van der Waals surface area contributed by atoms with Crippen molar-refractivity contribution in [2.45, 2.75) is 76.7 Å². The zero-order valence-corrected chi connectivity index (χ0v) is 20.6. The van der Waals surface area contributed by atoms with Crippen LogP contribution in [0.25, 0.3) is 10.1 Å². The number of thiophene rings is 1. The molecule has 3 aromatic rings. The molecular formula is C29H36N2OS. The molecule has 174 valence electrons. The summed E-state index contributed by atoms with van der Waals surface area (Å²) < 4.78 is 1.20.